The van der Waals surface area contributed by atoms with Crippen molar-refractivity contribution in [2.75, 3.05) is 19.3 Å². The molecule has 2 heterocycles. The second-order valence-corrected chi connectivity index (χ2v) is 7.15. The van der Waals surface area contributed by atoms with Crippen molar-refractivity contribution in [2.24, 2.45) is 0 Å². The lowest BCUT2D eigenvalue weighted by atomic mass is 10.2. The SMILES string of the molecule is CS(=O)(=O)N[C@H]1CCN(Cc2coc3ccccc23)C1. The molecule has 108 valence electrons. The summed E-state index contributed by atoms with van der Waals surface area (Å²) in [5, 5.41) is 1.13. The quantitative estimate of drug-likeness (QED) is 0.929. The average molecular weight is 294 g/mol. The van der Waals surface area contributed by atoms with Crippen molar-refractivity contribution in [2.45, 2.75) is 19.0 Å². The van der Waals surface area contributed by atoms with Crippen molar-refractivity contribution in [3.8, 4) is 0 Å². The summed E-state index contributed by atoms with van der Waals surface area (Å²) in [5.41, 5.74) is 2.05. The number of para-hydroxylation sites is 1. The summed E-state index contributed by atoms with van der Waals surface area (Å²) in [6, 6.07) is 7.98. The van der Waals surface area contributed by atoms with Gasteiger partial charge in [0.15, 0.2) is 0 Å². The van der Waals surface area contributed by atoms with E-state index in [-0.39, 0.29) is 6.04 Å². The third-order valence-electron chi connectivity index (χ3n) is 3.61. The van der Waals surface area contributed by atoms with Gasteiger partial charge in [0.25, 0.3) is 0 Å². The zero-order valence-electron chi connectivity index (χ0n) is 11.4. The Morgan fingerprint density at radius 3 is 3.00 bits per heavy atom. The van der Waals surface area contributed by atoms with Crippen LogP contribution in [0.2, 0.25) is 0 Å². The molecule has 0 radical (unpaired) electrons. The molecular formula is C14H18N2O3S. The highest BCUT2D eigenvalue weighted by Gasteiger charge is 2.25. The first-order valence-electron chi connectivity index (χ1n) is 6.66. The van der Waals surface area contributed by atoms with Crippen molar-refractivity contribution in [3.05, 3.63) is 36.1 Å². The number of benzene rings is 1. The van der Waals surface area contributed by atoms with Gasteiger partial charge in [-0.3, -0.25) is 4.90 Å². The molecule has 0 bridgehead atoms. The molecule has 1 aliphatic heterocycles. The second-order valence-electron chi connectivity index (χ2n) is 5.37. The molecule has 1 aromatic carbocycles. The summed E-state index contributed by atoms with van der Waals surface area (Å²) in [4.78, 5) is 2.25. The first kappa shape index (κ1) is 13.6. The third kappa shape index (κ3) is 3.03. The van der Waals surface area contributed by atoms with Crippen molar-refractivity contribution >= 4 is 21.0 Å². The van der Waals surface area contributed by atoms with E-state index in [1.807, 2.05) is 18.2 Å². The molecule has 1 fully saturated rings. The molecular weight excluding hydrogens is 276 g/mol. The Labute approximate surface area is 118 Å². The molecule has 0 aliphatic carbocycles. The Kier molecular flexibility index (Phi) is 3.54. The fraction of sp³-hybridized carbons (Fsp3) is 0.429. The van der Waals surface area contributed by atoms with Crippen LogP contribution >= 0.6 is 0 Å². The summed E-state index contributed by atoms with van der Waals surface area (Å²) in [6.45, 7) is 2.43. The Balaban J connectivity index is 1.68. The monoisotopic (exact) mass is 294 g/mol. The van der Waals surface area contributed by atoms with E-state index in [9.17, 15) is 8.42 Å². The van der Waals surface area contributed by atoms with Gasteiger partial charge in [0.2, 0.25) is 10.0 Å². The molecule has 1 saturated heterocycles. The lowest BCUT2D eigenvalue weighted by molar-refractivity contribution is 0.324. The molecule has 0 saturated carbocycles. The van der Waals surface area contributed by atoms with Crippen LogP contribution in [0.4, 0.5) is 0 Å². The van der Waals surface area contributed by atoms with Gasteiger partial charge in [-0.05, 0) is 12.5 Å². The zero-order valence-corrected chi connectivity index (χ0v) is 12.2. The van der Waals surface area contributed by atoms with Crippen LogP contribution < -0.4 is 4.72 Å². The number of hydrogen-bond acceptors (Lipinski definition) is 4. The van der Waals surface area contributed by atoms with E-state index >= 15 is 0 Å². The van der Waals surface area contributed by atoms with Gasteiger partial charge >= 0.3 is 0 Å². The number of rotatable bonds is 4. The normalized spacial score (nSPS) is 20.8. The number of furan rings is 1. The van der Waals surface area contributed by atoms with Gasteiger partial charge in [0, 0.05) is 36.6 Å². The maximum absolute atomic E-state index is 11.2. The first-order chi connectivity index (χ1) is 9.51. The molecule has 6 heteroatoms. The van der Waals surface area contributed by atoms with Crippen LogP contribution in [0.1, 0.15) is 12.0 Å². The van der Waals surface area contributed by atoms with Crippen LogP contribution in [0.25, 0.3) is 11.0 Å². The average Bonchev–Trinajstić information content (AvgIpc) is 2.96. The van der Waals surface area contributed by atoms with Gasteiger partial charge in [0.1, 0.15) is 5.58 Å². The minimum atomic E-state index is -3.12. The second kappa shape index (κ2) is 5.20. The van der Waals surface area contributed by atoms with Crippen molar-refractivity contribution in [1.82, 2.24) is 9.62 Å². The Morgan fingerprint density at radius 1 is 1.40 bits per heavy atom. The van der Waals surface area contributed by atoms with Crippen LogP contribution in [0.3, 0.4) is 0 Å². The Morgan fingerprint density at radius 2 is 2.20 bits per heavy atom. The van der Waals surface area contributed by atoms with Crippen LogP contribution in [-0.4, -0.2) is 38.7 Å². The van der Waals surface area contributed by atoms with Crippen LogP contribution in [0, 0.1) is 0 Å². The molecule has 1 aliphatic rings. The zero-order chi connectivity index (χ0) is 14.2. The summed E-state index contributed by atoms with van der Waals surface area (Å²) in [6.07, 6.45) is 3.85. The molecule has 20 heavy (non-hydrogen) atoms. The molecule has 1 N–H and O–H groups in total. The van der Waals surface area contributed by atoms with Gasteiger partial charge in [-0.2, -0.15) is 0 Å². The number of fused-ring (bicyclic) bond motifs is 1. The van der Waals surface area contributed by atoms with Gasteiger partial charge < -0.3 is 4.42 Å². The maximum Gasteiger partial charge on any atom is 0.208 e. The standard InChI is InChI=1S/C14H18N2O3S/c1-20(17,18)15-12-6-7-16(9-12)8-11-10-19-14-5-3-2-4-13(11)14/h2-5,10,12,15H,6-9H2,1H3/t12-/m0/s1. The Bertz CT molecular complexity index is 708. The number of nitrogens with zero attached hydrogens (tertiary/aromatic N) is 1. The van der Waals surface area contributed by atoms with Crippen molar-refractivity contribution < 1.29 is 12.8 Å². The van der Waals surface area contributed by atoms with E-state index in [1.165, 1.54) is 6.26 Å². The largest absolute Gasteiger partial charge is 0.464 e. The Hall–Kier alpha value is -1.37. The first-order valence-corrected chi connectivity index (χ1v) is 8.55. The molecule has 0 amide bonds. The molecule has 3 rings (SSSR count). The van der Waals surface area contributed by atoms with Crippen molar-refractivity contribution in [1.29, 1.82) is 0 Å². The van der Waals surface area contributed by atoms with E-state index in [2.05, 4.69) is 15.7 Å². The van der Waals surface area contributed by atoms with E-state index in [4.69, 9.17) is 4.42 Å². The van der Waals surface area contributed by atoms with Crippen LogP contribution in [0.15, 0.2) is 34.9 Å². The molecule has 1 atom stereocenters. The van der Waals surface area contributed by atoms with Crippen LogP contribution in [-0.2, 0) is 16.6 Å². The molecule has 1 aromatic heterocycles. The summed E-state index contributed by atoms with van der Waals surface area (Å²) < 4.78 is 30.7. The number of nitrogens with one attached hydrogen (secondary N) is 1. The van der Waals surface area contributed by atoms with Crippen molar-refractivity contribution in [3.63, 3.8) is 0 Å². The fourth-order valence-electron chi connectivity index (χ4n) is 2.77. The lowest BCUT2D eigenvalue weighted by Gasteiger charge is -2.15. The third-order valence-corrected chi connectivity index (χ3v) is 4.37. The summed E-state index contributed by atoms with van der Waals surface area (Å²) in [7, 11) is -3.12. The molecule has 2 aromatic rings. The van der Waals surface area contributed by atoms with Gasteiger partial charge in [-0.15, -0.1) is 0 Å². The molecule has 5 nitrogen and oxygen atoms in total. The predicted molar refractivity (Wildman–Crippen MR) is 77.9 cm³/mol. The molecule has 0 spiro atoms. The summed E-state index contributed by atoms with van der Waals surface area (Å²) in [5.74, 6) is 0. The predicted octanol–water partition coefficient (Wildman–Crippen LogP) is 1.56. The lowest BCUT2D eigenvalue weighted by Crippen LogP contribution is -2.36. The van der Waals surface area contributed by atoms with E-state index in [0.29, 0.717) is 0 Å². The van der Waals surface area contributed by atoms with E-state index < -0.39 is 10.0 Å². The smallest absolute Gasteiger partial charge is 0.208 e. The highest BCUT2D eigenvalue weighted by Crippen LogP contribution is 2.23. The summed E-state index contributed by atoms with van der Waals surface area (Å²) >= 11 is 0. The van der Waals surface area contributed by atoms with E-state index in [1.54, 1.807) is 6.26 Å². The number of likely N-dealkylation sites (tertiary alicyclic amines) is 1. The highest BCUT2D eigenvalue weighted by atomic mass is 32.2. The molecule has 0 unspecified atom stereocenters. The minimum Gasteiger partial charge on any atom is -0.464 e. The van der Waals surface area contributed by atoms with Gasteiger partial charge in [0.05, 0.1) is 12.5 Å². The fourth-order valence-corrected chi connectivity index (χ4v) is 3.57. The van der Waals surface area contributed by atoms with Gasteiger partial charge in [-0.25, -0.2) is 13.1 Å². The maximum atomic E-state index is 11.2. The topological polar surface area (TPSA) is 62.6 Å². The number of sulfonamides is 1. The van der Waals surface area contributed by atoms with Crippen LogP contribution in [0.5, 0.6) is 0 Å². The number of hydrogen-bond donors (Lipinski definition) is 1. The highest BCUT2D eigenvalue weighted by molar-refractivity contribution is 7.88. The van der Waals surface area contributed by atoms with E-state index in [0.717, 1.165) is 42.6 Å². The minimum absolute atomic E-state index is 0.0168. The van der Waals surface area contributed by atoms with Gasteiger partial charge in [-0.1, -0.05) is 18.2 Å².